The van der Waals surface area contributed by atoms with Crippen LogP contribution in [-0.2, 0) is 16.1 Å². The minimum atomic E-state index is -1.08. The van der Waals surface area contributed by atoms with Crippen molar-refractivity contribution < 1.29 is 14.7 Å². The summed E-state index contributed by atoms with van der Waals surface area (Å²) in [5.41, 5.74) is 13.1. The number of rotatable bonds is 8. The molecule has 1 aliphatic heterocycles. The van der Waals surface area contributed by atoms with E-state index in [4.69, 9.17) is 5.53 Å². The third kappa shape index (κ3) is 5.90. The van der Waals surface area contributed by atoms with Crippen LogP contribution in [0.4, 0.5) is 5.69 Å². The molecule has 2 N–H and O–H groups in total. The largest absolute Gasteiger partial charge is 0.481 e. The van der Waals surface area contributed by atoms with E-state index in [0.717, 1.165) is 45.6 Å². The number of hydrogen-bond acceptors (Lipinski definition) is 5. The van der Waals surface area contributed by atoms with Crippen molar-refractivity contribution in [2.24, 2.45) is 16.1 Å². The molecule has 1 saturated heterocycles. The highest BCUT2D eigenvalue weighted by atomic mass is 16.4. The molecular formula is C30H43N5O3. The summed E-state index contributed by atoms with van der Waals surface area (Å²) in [6.45, 7) is 16.5. The van der Waals surface area contributed by atoms with Crippen molar-refractivity contribution in [3.05, 3.63) is 63.7 Å². The SMILES string of the molecule is Cc1ccc([C@@H](c2ccc(N(C)N=N)c(C)c2C)C(C)(C)C(=O)O)cc1CN1CC(=O)N(C)CC(C)(C)C1. The maximum atomic E-state index is 12.7. The van der Waals surface area contributed by atoms with Gasteiger partial charge in [-0.15, -0.1) is 0 Å². The van der Waals surface area contributed by atoms with Crippen LogP contribution in [0.5, 0.6) is 0 Å². The third-order valence-electron chi connectivity index (χ3n) is 8.08. The van der Waals surface area contributed by atoms with Crippen LogP contribution in [0.1, 0.15) is 67.0 Å². The molecule has 3 rings (SSSR count). The van der Waals surface area contributed by atoms with E-state index in [2.05, 4.69) is 43.0 Å². The Morgan fingerprint density at radius 1 is 1.16 bits per heavy atom. The highest BCUT2D eigenvalue weighted by Crippen LogP contribution is 2.44. The van der Waals surface area contributed by atoms with Gasteiger partial charge in [0.05, 0.1) is 17.6 Å². The van der Waals surface area contributed by atoms with Gasteiger partial charge in [0.15, 0.2) is 0 Å². The van der Waals surface area contributed by atoms with E-state index >= 15 is 0 Å². The lowest BCUT2D eigenvalue weighted by Crippen LogP contribution is -2.35. The lowest BCUT2D eigenvalue weighted by molar-refractivity contribution is -0.147. The topological polar surface area (TPSA) is 100 Å². The molecule has 206 valence electrons. The Bertz CT molecular complexity index is 1240. The van der Waals surface area contributed by atoms with Crippen LogP contribution >= 0.6 is 0 Å². The first kappa shape index (κ1) is 29.3. The van der Waals surface area contributed by atoms with Crippen LogP contribution in [0.2, 0.25) is 0 Å². The fourth-order valence-corrected chi connectivity index (χ4v) is 5.80. The molecule has 38 heavy (non-hydrogen) atoms. The Morgan fingerprint density at radius 3 is 2.42 bits per heavy atom. The second kappa shape index (κ2) is 10.8. The average molecular weight is 522 g/mol. The van der Waals surface area contributed by atoms with Crippen molar-refractivity contribution in [3.8, 4) is 0 Å². The predicted molar refractivity (Wildman–Crippen MR) is 151 cm³/mol. The summed E-state index contributed by atoms with van der Waals surface area (Å²) in [5, 5.41) is 15.3. The molecule has 0 spiro atoms. The summed E-state index contributed by atoms with van der Waals surface area (Å²) in [6.07, 6.45) is 0. The maximum absolute atomic E-state index is 12.7. The summed E-state index contributed by atoms with van der Waals surface area (Å²) >= 11 is 0. The number of carboxylic acids is 1. The van der Waals surface area contributed by atoms with Gasteiger partial charge in [-0.05, 0) is 79.5 Å². The molecule has 0 radical (unpaired) electrons. The fourth-order valence-electron chi connectivity index (χ4n) is 5.80. The molecule has 0 unspecified atom stereocenters. The number of anilines is 1. The number of aliphatic carboxylic acids is 1. The number of nitrogens with one attached hydrogen (secondary N) is 1. The van der Waals surface area contributed by atoms with Gasteiger partial charge in [-0.1, -0.05) is 43.3 Å². The summed E-state index contributed by atoms with van der Waals surface area (Å²) < 4.78 is 0. The van der Waals surface area contributed by atoms with Crippen molar-refractivity contribution in [1.29, 1.82) is 5.53 Å². The van der Waals surface area contributed by atoms with Crippen LogP contribution in [0.3, 0.4) is 0 Å². The number of aryl methyl sites for hydroxylation is 1. The molecule has 1 atom stereocenters. The van der Waals surface area contributed by atoms with Gasteiger partial charge in [-0.2, -0.15) is 5.53 Å². The number of benzene rings is 2. The Morgan fingerprint density at radius 2 is 1.82 bits per heavy atom. The molecule has 1 aliphatic rings. The lowest BCUT2D eigenvalue weighted by atomic mass is 9.69. The Hall–Kier alpha value is -3.26. The molecule has 8 heteroatoms. The first-order valence-corrected chi connectivity index (χ1v) is 13.1. The maximum Gasteiger partial charge on any atom is 0.310 e. The monoisotopic (exact) mass is 521 g/mol. The van der Waals surface area contributed by atoms with Crippen molar-refractivity contribution in [2.75, 3.05) is 38.7 Å². The van der Waals surface area contributed by atoms with E-state index < -0.39 is 17.3 Å². The van der Waals surface area contributed by atoms with Gasteiger partial charge in [-0.3, -0.25) is 19.5 Å². The van der Waals surface area contributed by atoms with Crippen molar-refractivity contribution in [1.82, 2.24) is 9.80 Å². The molecule has 0 aromatic heterocycles. The van der Waals surface area contributed by atoms with Gasteiger partial charge in [0.2, 0.25) is 5.91 Å². The van der Waals surface area contributed by atoms with Crippen LogP contribution < -0.4 is 5.01 Å². The second-order valence-electron chi connectivity index (χ2n) is 12.3. The van der Waals surface area contributed by atoms with Crippen molar-refractivity contribution in [3.63, 3.8) is 0 Å². The van der Waals surface area contributed by atoms with Gasteiger partial charge in [0, 0.05) is 39.6 Å². The highest BCUT2D eigenvalue weighted by Gasteiger charge is 2.40. The van der Waals surface area contributed by atoms with E-state index in [9.17, 15) is 14.7 Å². The molecule has 1 fully saturated rings. The van der Waals surface area contributed by atoms with E-state index in [1.807, 2.05) is 44.0 Å². The van der Waals surface area contributed by atoms with E-state index in [1.165, 1.54) is 5.01 Å². The number of carboxylic acid groups (broad SMARTS) is 1. The smallest absolute Gasteiger partial charge is 0.310 e. The zero-order chi connectivity index (χ0) is 28.6. The predicted octanol–water partition coefficient (Wildman–Crippen LogP) is 5.54. The quantitative estimate of drug-likeness (QED) is 0.351. The first-order chi connectivity index (χ1) is 17.6. The molecule has 2 aromatic carbocycles. The molecule has 0 aliphatic carbocycles. The number of amides is 1. The zero-order valence-corrected chi connectivity index (χ0v) is 24.3. The second-order valence-corrected chi connectivity index (χ2v) is 12.3. The fraction of sp³-hybridized carbons (Fsp3) is 0.533. The van der Waals surface area contributed by atoms with E-state index in [1.54, 1.807) is 20.9 Å². The summed E-state index contributed by atoms with van der Waals surface area (Å²) in [6, 6.07) is 10.1. The van der Waals surface area contributed by atoms with Crippen LogP contribution in [0, 0.1) is 37.1 Å². The molecule has 8 nitrogen and oxygen atoms in total. The van der Waals surface area contributed by atoms with Crippen LogP contribution in [-0.4, -0.2) is 60.5 Å². The minimum Gasteiger partial charge on any atom is -0.481 e. The van der Waals surface area contributed by atoms with Crippen molar-refractivity contribution >= 4 is 17.6 Å². The molecule has 0 saturated carbocycles. The molecule has 1 heterocycles. The number of carbonyl (C=O) groups is 2. The highest BCUT2D eigenvalue weighted by molar-refractivity contribution is 5.78. The summed E-state index contributed by atoms with van der Waals surface area (Å²) in [4.78, 5) is 29.3. The zero-order valence-electron chi connectivity index (χ0n) is 24.3. The normalized spacial score (nSPS) is 17.2. The Labute approximate surface area is 227 Å². The molecule has 1 amide bonds. The average Bonchev–Trinajstić information content (AvgIpc) is 2.91. The van der Waals surface area contributed by atoms with E-state index in [0.29, 0.717) is 19.6 Å². The van der Waals surface area contributed by atoms with Gasteiger partial charge >= 0.3 is 5.97 Å². The number of hydrogen-bond donors (Lipinski definition) is 2. The van der Waals surface area contributed by atoms with E-state index in [-0.39, 0.29) is 11.3 Å². The summed E-state index contributed by atoms with van der Waals surface area (Å²) in [5.74, 6) is -1.16. The minimum absolute atomic E-state index is 0.0326. The number of nitrogens with zero attached hydrogens (tertiary/aromatic N) is 4. The lowest BCUT2D eigenvalue weighted by Gasteiger charge is -2.34. The summed E-state index contributed by atoms with van der Waals surface area (Å²) in [7, 11) is 3.59. The Kier molecular flexibility index (Phi) is 8.36. The molecular weight excluding hydrogens is 478 g/mol. The Balaban J connectivity index is 2.11. The molecule has 2 aromatic rings. The van der Waals surface area contributed by atoms with Crippen LogP contribution in [0.15, 0.2) is 35.6 Å². The first-order valence-electron chi connectivity index (χ1n) is 13.1. The van der Waals surface area contributed by atoms with Gasteiger partial charge in [0.1, 0.15) is 0 Å². The third-order valence-corrected chi connectivity index (χ3v) is 8.08. The standard InChI is InChI=1S/C30H43N5O3/c1-19-10-11-22(14-23(19)15-35-16-26(36)33(8)17-29(4,5)18-35)27(30(6,7)28(37)38)24-12-13-25(34(9)32-31)21(3)20(24)2/h10-14,27,31H,15-18H2,1-9H3,(H,37,38)/t27-/m0/s1. The number of likely N-dealkylation sites (N-methyl/N-ethyl adjacent to an activating group) is 1. The van der Waals surface area contributed by atoms with Gasteiger partial charge in [-0.25, -0.2) is 0 Å². The molecule has 0 bridgehead atoms. The number of carbonyl (C=O) groups excluding carboxylic acids is 1. The van der Waals surface area contributed by atoms with Gasteiger partial charge < -0.3 is 10.0 Å². The van der Waals surface area contributed by atoms with Gasteiger partial charge in [0.25, 0.3) is 0 Å². The van der Waals surface area contributed by atoms with Crippen molar-refractivity contribution in [2.45, 2.75) is 60.9 Å². The van der Waals surface area contributed by atoms with Crippen LogP contribution in [0.25, 0.3) is 0 Å².